The Labute approximate surface area is 125 Å². The van der Waals surface area contributed by atoms with E-state index in [2.05, 4.69) is 15.9 Å². The molecule has 1 aliphatic rings. The fourth-order valence-corrected chi connectivity index (χ4v) is 2.44. The third-order valence-electron chi connectivity index (χ3n) is 2.94. The number of ketones is 1. The van der Waals surface area contributed by atoms with Crippen LogP contribution in [0.1, 0.15) is 15.9 Å². The molecule has 0 spiro atoms. The predicted molar refractivity (Wildman–Crippen MR) is 80.2 cm³/mol. The molecule has 0 saturated carbocycles. The number of rotatable bonds is 3. The van der Waals surface area contributed by atoms with Crippen LogP contribution in [0.25, 0.3) is 6.08 Å². The molecule has 1 heterocycles. The van der Waals surface area contributed by atoms with Gasteiger partial charge in [0.05, 0.1) is 4.48 Å². The highest BCUT2D eigenvalue weighted by molar-refractivity contribution is 9.12. The summed E-state index contributed by atoms with van der Waals surface area (Å²) in [5.41, 5.74) is 1.53. The van der Waals surface area contributed by atoms with Crippen molar-refractivity contribution in [1.82, 2.24) is 0 Å². The van der Waals surface area contributed by atoms with E-state index in [0.29, 0.717) is 15.8 Å². The maximum Gasteiger partial charge on any atom is 0.231 e. The van der Waals surface area contributed by atoms with Gasteiger partial charge in [-0.25, -0.2) is 0 Å². The SMILES string of the molecule is O=C(C(Br)=Cc1ccc2c(c1)OCO2)c1ccccc1. The number of halogens is 1. The number of allylic oxidation sites excluding steroid dienone is 1. The van der Waals surface area contributed by atoms with E-state index in [1.54, 1.807) is 18.2 Å². The number of benzene rings is 2. The van der Waals surface area contributed by atoms with Crippen molar-refractivity contribution in [3.8, 4) is 11.5 Å². The Morgan fingerprint density at radius 1 is 1.05 bits per heavy atom. The second kappa shape index (κ2) is 5.51. The van der Waals surface area contributed by atoms with Gasteiger partial charge in [-0.3, -0.25) is 4.79 Å². The summed E-state index contributed by atoms with van der Waals surface area (Å²) < 4.78 is 11.1. The number of hydrogen-bond acceptors (Lipinski definition) is 3. The largest absolute Gasteiger partial charge is 0.454 e. The zero-order chi connectivity index (χ0) is 13.9. The van der Waals surface area contributed by atoms with E-state index in [-0.39, 0.29) is 12.6 Å². The van der Waals surface area contributed by atoms with Crippen molar-refractivity contribution < 1.29 is 14.3 Å². The first-order valence-corrected chi connectivity index (χ1v) is 6.90. The molecule has 0 aromatic heterocycles. The Bertz CT molecular complexity index is 677. The van der Waals surface area contributed by atoms with Crippen molar-refractivity contribution >= 4 is 27.8 Å². The van der Waals surface area contributed by atoms with Crippen LogP contribution in [-0.4, -0.2) is 12.6 Å². The van der Waals surface area contributed by atoms with Crippen LogP contribution >= 0.6 is 15.9 Å². The van der Waals surface area contributed by atoms with Crippen molar-refractivity contribution in [2.45, 2.75) is 0 Å². The lowest BCUT2D eigenvalue weighted by atomic mass is 10.1. The minimum atomic E-state index is -0.0525. The Balaban J connectivity index is 1.86. The zero-order valence-corrected chi connectivity index (χ0v) is 12.1. The summed E-state index contributed by atoms with van der Waals surface area (Å²) in [5.74, 6) is 1.38. The first-order valence-electron chi connectivity index (χ1n) is 6.10. The van der Waals surface area contributed by atoms with E-state index in [9.17, 15) is 4.79 Å². The first-order chi connectivity index (χ1) is 9.74. The molecule has 0 radical (unpaired) electrons. The molecule has 2 aromatic carbocycles. The van der Waals surface area contributed by atoms with Crippen molar-refractivity contribution in [3.63, 3.8) is 0 Å². The standard InChI is InChI=1S/C16H11BrO3/c17-13(16(18)12-4-2-1-3-5-12)8-11-6-7-14-15(9-11)20-10-19-14/h1-9H,10H2. The Kier molecular flexibility index (Phi) is 3.56. The predicted octanol–water partition coefficient (Wildman–Crippen LogP) is 4.03. The van der Waals surface area contributed by atoms with Crippen LogP contribution in [0, 0.1) is 0 Å². The monoisotopic (exact) mass is 330 g/mol. The molecule has 1 aliphatic heterocycles. The lowest BCUT2D eigenvalue weighted by Crippen LogP contribution is -1.97. The third-order valence-corrected chi connectivity index (χ3v) is 3.53. The quantitative estimate of drug-likeness (QED) is 0.629. The lowest BCUT2D eigenvalue weighted by molar-refractivity contribution is 0.104. The molecule has 0 fully saturated rings. The van der Waals surface area contributed by atoms with E-state index in [0.717, 1.165) is 11.3 Å². The maximum absolute atomic E-state index is 12.2. The number of ether oxygens (including phenoxy) is 2. The van der Waals surface area contributed by atoms with Gasteiger partial charge in [-0.1, -0.05) is 36.4 Å². The topological polar surface area (TPSA) is 35.5 Å². The average molecular weight is 331 g/mol. The van der Waals surface area contributed by atoms with Crippen molar-refractivity contribution in [1.29, 1.82) is 0 Å². The first kappa shape index (κ1) is 12.9. The summed E-state index contributed by atoms with van der Waals surface area (Å²) in [7, 11) is 0. The van der Waals surface area contributed by atoms with Crippen LogP contribution in [0.2, 0.25) is 0 Å². The molecule has 3 nitrogen and oxygen atoms in total. The summed E-state index contributed by atoms with van der Waals surface area (Å²) in [6.07, 6.45) is 1.78. The number of fused-ring (bicyclic) bond motifs is 1. The molecule has 0 N–H and O–H groups in total. The molecule has 0 saturated heterocycles. The van der Waals surface area contributed by atoms with Crippen molar-refractivity contribution in [2.24, 2.45) is 0 Å². The van der Waals surface area contributed by atoms with Gasteiger partial charge >= 0.3 is 0 Å². The molecule has 0 atom stereocenters. The lowest BCUT2D eigenvalue weighted by Gasteiger charge is -2.01. The number of Topliss-reactive ketones (excluding diaryl/α,β-unsaturated/α-hetero) is 1. The molecule has 100 valence electrons. The van der Waals surface area contributed by atoms with Crippen LogP contribution < -0.4 is 9.47 Å². The zero-order valence-electron chi connectivity index (χ0n) is 10.5. The van der Waals surface area contributed by atoms with Gasteiger partial charge in [0.2, 0.25) is 6.79 Å². The van der Waals surface area contributed by atoms with Crippen LogP contribution in [0.3, 0.4) is 0 Å². The second-order valence-electron chi connectivity index (χ2n) is 4.30. The molecule has 0 unspecified atom stereocenters. The fourth-order valence-electron chi connectivity index (χ4n) is 1.94. The van der Waals surface area contributed by atoms with E-state index >= 15 is 0 Å². The Morgan fingerprint density at radius 2 is 1.80 bits per heavy atom. The molecule has 3 rings (SSSR count). The number of carbonyl (C=O) groups excluding carboxylic acids is 1. The van der Waals surface area contributed by atoms with Gasteiger partial charge in [0.25, 0.3) is 0 Å². The summed E-state index contributed by atoms with van der Waals surface area (Å²) in [6, 6.07) is 14.7. The van der Waals surface area contributed by atoms with Gasteiger partial charge < -0.3 is 9.47 Å². The normalized spacial score (nSPS) is 13.3. The fraction of sp³-hybridized carbons (Fsp3) is 0.0625. The van der Waals surface area contributed by atoms with Gasteiger partial charge in [-0.15, -0.1) is 0 Å². The second-order valence-corrected chi connectivity index (χ2v) is 5.15. The van der Waals surface area contributed by atoms with Gasteiger partial charge in [-0.2, -0.15) is 0 Å². The van der Waals surface area contributed by atoms with Crippen LogP contribution in [0.15, 0.2) is 53.0 Å². The molecule has 20 heavy (non-hydrogen) atoms. The van der Waals surface area contributed by atoms with Gasteiger partial charge in [0.1, 0.15) is 0 Å². The van der Waals surface area contributed by atoms with Crippen LogP contribution in [-0.2, 0) is 0 Å². The summed E-state index contributed by atoms with van der Waals surface area (Å²) in [6.45, 7) is 0.243. The maximum atomic E-state index is 12.2. The van der Waals surface area contributed by atoms with Gasteiger partial charge in [0, 0.05) is 5.56 Å². The highest BCUT2D eigenvalue weighted by Gasteiger charge is 2.14. The molecular formula is C16H11BrO3. The summed E-state index contributed by atoms with van der Waals surface area (Å²) >= 11 is 3.34. The molecule has 2 aromatic rings. The number of carbonyl (C=O) groups is 1. The van der Waals surface area contributed by atoms with Crippen molar-refractivity contribution in [3.05, 3.63) is 64.1 Å². The molecule has 0 amide bonds. The van der Waals surface area contributed by atoms with E-state index in [4.69, 9.17) is 9.47 Å². The van der Waals surface area contributed by atoms with Crippen molar-refractivity contribution in [2.75, 3.05) is 6.79 Å². The smallest absolute Gasteiger partial charge is 0.231 e. The highest BCUT2D eigenvalue weighted by Crippen LogP contribution is 2.33. The average Bonchev–Trinajstić information content (AvgIpc) is 2.95. The summed E-state index contributed by atoms with van der Waals surface area (Å²) in [4.78, 5) is 12.2. The van der Waals surface area contributed by atoms with Gasteiger partial charge in [-0.05, 0) is 39.7 Å². The Hall–Kier alpha value is -2.07. The third kappa shape index (κ3) is 2.60. The summed E-state index contributed by atoms with van der Waals surface area (Å²) in [5, 5.41) is 0. The van der Waals surface area contributed by atoms with E-state index < -0.39 is 0 Å². The van der Waals surface area contributed by atoms with E-state index in [1.165, 1.54) is 0 Å². The minimum absolute atomic E-state index is 0.0525. The van der Waals surface area contributed by atoms with Gasteiger partial charge in [0.15, 0.2) is 17.3 Å². The van der Waals surface area contributed by atoms with E-state index in [1.807, 2.05) is 36.4 Å². The van der Waals surface area contributed by atoms with Crippen LogP contribution in [0.4, 0.5) is 0 Å². The molecular weight excluding hydrogens is 320 g/mol. The molecule has 0 bridgehead atoms. The number of hydrogen-bond donors (Lipinski definition) is 0. The Morgan fingerprint density at radius 3 is 2.60 bits per heavy atom. The molecule has 0 aliphatic carbocycles. The molecule has 4 heteroatoms. The highest BCUT2D eigenvalue weighted by atomic mass is 79.9. The van der Waals surface area contributed by atoms with Crippen LogP contribution in [0.5, 0.6) is 11.5 Å². The minimum Gasteiger partial charge on any atom is -0.454 e.